The molecule has 1 saturated heterocycles. The molecule has 0 spiro atoms. The molecule has 0 bridgehead atoms. The van der Waals surface area contributed by atoms with Crippen LogP contribution in [0.2, 0.25) is 0 Å². The number of carbonyl (C=O) groups is 2. The molecule has 2 heterocycles. The average molecular weight is 332 g/mol. The van der Waals surface area contributed by atoms with Gasteiger partial charge in [-0.2, -0.15) is 5.06 Å². The summed E-state index contributed by atoms with van der Waals surface area (Å²) in [5, 5.41) is 1.24. The van der Waals surface area contributed by atoms with Crippen molar-refractivity contribution < 1.29 is 19.2 Å². The monoisotopic (exact) mass is 332 g/mol. The first-order valence-electron chi connectivity index (χ1n) is 8.68. The standard InChI is InChI=1S/C18H24N2O4/c1-2-3-12-23-18(22)20-11-9-15(24-20)13-17(21)19-10-8-14-6-4-5-7-16(14)19/h4-7,15H,2-3,8-13H2,1H3. The Labute approximate surface area is 142 Å². The zero-order valence-electron chi connectivity index (χ0n) is 14.1. The van der Waals surface area contributed by atoms with Crippen LogP contribution in [0.15, 0.2) is 24.3 Å². The topological polar surface area (TPSA) is 59.1 Å². The molecule has 0 aromatic heterocycles. The van der Waals surface area contributed by atoms with Crippen LogP contribution in [-0.4, -0.2) is 42.9 Å². The first-order chi connectivity index (χ1) is 11.7. The van der Waals surface area contributed by atoms with Crippen molar-refractivity contribution in [3.8, 4) is 0 Å². The number of benzene rings is 1. The SMILES string of the molecule is CCCCOC(=O)N1CCC(CC(=O)N2CCc3ccccc32)O1. The van der Waals surface area contributed by atoms with Crippen LogP contribution in [0.25, 0.3) is 0 Å². The fourth-order valence-corrected chi connectivity index (χ4v) is 3.10. The van der Waals surface area contributed by atoms with Gasteiger partial charge in [0.25, 0.3) is 0 Å². The Morgan fingerprint density at radius 2 is 2.12 bits per heavy atom. The van der Waals surface area contributed by atoms with Gasteiger partial charge in [0.2, 0.25) is 5.91 Å². The van der Waals surface area contributed by atoms with E-state index in [1.807, 2.05) is 30.0 Å². The third kappa shape index (κ3) is 3.70. The number of rotatable bonds is 5. The summed E-state index contributed by atoms with van der Waals surface area (Å²) in [5.74, 6) is 0.0474. The Bertz CT molecular complexity index is 604. The van der Waals surface area contributed by atoms with Gasteiger partial charge in [0.15, 0.2) is 0 Å². The van der Waals surface area contributed by atoms with E-state index in [1.54, 1.807) is 0 Å². The molecular weight excluding hydrogens is 308 g/mol. The van der Waals surface area contributed by atoms with E-state index in [0.29, 0.717) is 26.1 Å². The van der Waals surface area contributed by atoms with E-state index in [4.69, 9.17) is 9.57 Å². The third-order valence-electron chi connectivity index (χ3n) is 4.45. The summed E-state index contributed by atoms with van der Waals surface area (Å²) in [4.78, 5) is 31.8. The molecule has 2 aliphatic heterocycles. The van der Waals surface area contributed by atoms with E-state index in [2.05, 4.69) is 6.07 Å². The highest BCUT2D eigenvalue weighted by Gasteiger charge is 2.33. The molecule has 0 saturated carbocycles. The lowest BCUT2D eigenvalue weighted by Gasteiger charge is -2.20. The molecular formula is C18H24N2O4. The smallest absolute Gasteiger partial charge is 0.433 e. The maximum absolute atomic E-state index is 12.6. The molecule has 0 N–H and O–H groups in total. The zero-order chi connectivity index (χ0) is 16.9. The number of para-hydroxylation sites is 1. The van der Waals surface area contributed by atoms with Crippen LogP contribution in [0.5, 0.6) is 0 Å². The van der Waals surface area contributed by atoms with Crippen LogP contribution in [0.3, 0.4) is 0 Å². The molecule has 1 aromatic carbocycles. The maximum atomic E-state index is 12.6. The number of unbranched alkanes of at least 4 members (excludes halogenated alkanes) is 1. The quantitative estimate of drug-likeness (QED) is 0.778. The van der Waals surface area contributed by atoms with Crippen LogP contribution >= 0.6 is 0 Å². The number of carbonyl (C=O) groups excluding carboxylic acids is 2. The number of ether oxygens (including phenoxy) is 1. The molecule has 130 valence electrons. The van der Waals surface area contributed by atoms with Gasteiger partial charge >= 0.3 is 6.09 Å². The summed E-state index contributed by atoms with van der Waals surface area (Å²) in [6.07, 6.45) is 2.94. The summed E-state index contributed by atoms with van der Waals surface area (Å²) in [6, 6.07) is 7.98. The summed E-state index contributed by atoms with van der Waals surface area (Å²) < 4.78 is 5.13. The minimum absolute atomic E-state index is 0.0474. The van der Waals surface area contributed by atoms with E-state index in [9.17, 15) is 9.59 Å². The van der Waals surface area contributed by atoms with E-state index in [-0.39, 0.29) is 18.4 Å². The van der Waals surface area contributed by atoms with Crippen molar-refractivity contribution in [2.45, 2.75) is 45.1 Å². The maximum Gasteiger partial charge on any atom is 0.433 e. The minimum Gasteiger partial charge on any atom is -0.448 e. The highest BCUT2D eigenvalue weighted by Crippen LogP contribution is 2.29. The highest BCUT2D eigenvalue weighted by molar-refractivity contribution is 5.95. The second kappa shape index (κ2) is 7.66. The largest absolute Gasteiger partial charge is 0.448 e. The van der Waals surface area contributed by atoms with Crippen LogP contribution in [0.4, 0.5) is 10.5 Å². The molecule has 1 atom stereocenters. The van der Waals surface area contributed by atoms with Gasteiger partial charge in [-0.1, -0.05) is 31.5 Å². The molecule has 1 aromatic rings. The summed E-state index contributed by atoms with van der Waals surface area (Å²) >= 11 is 0. The fourth-order valence-electron chi connectivity index (χ4n) is 3.10. The Hall–Kier alpha value is -2.08. The first kappa shape index (κ1) is 16.8. The molecule has 24 heavy (non-hydrogen) atoms. The second-order valence-corrected chi connectivity index (χ2v) is 6.21. The lowest BCUT2D eigenvalue weighted by Crippen LogP contribution is -2.33. The summed E-state index contributed by atoms with van der Waals surface area (Å²) in [5.41, 5.74) is 2.20. The van der Waals surface area contributed by atoms with Gasteiger partial charge in [-0.15, -0.1) is 0 Å². The number of hydrogen-bond donors (Lipinski definition) is 0. The van der Waals surface area contributed by atoms with Crippen molar-refractivity contribution >= 4 is 17.7 Å². The molecule has 6 heteroatoms. The predicted octanol–water partition coefficient (Wildman–Crippen LogP) is 2.91. The molecule has 0 aliphatic carbocycles. The second-order valence-electron chi connectivity index (χ2n) is 6.21. The molecule has 0 radical (unpaired) electrons. The number of nitrogens with zero attached hydrogens (tertiary/aromatic N) is 2. The van der Waals surface area contributed by atoms with Crippen molar-refractivity contribution in [3.05, 3.63) is 29.8 Å². The Balaban J connectivity index is 1.49. The normalized spacial score (nSPS) is 19.5. The minimum atomic E-state index is -0.454. The van der Waals surface area contributed by atoms with Gasteiger partial charge in [0.1, 0.15) is 0 Å². The Kier molecular flexibility index (Phi) is 5.35. The van der Waals surface area contributed by atoms with Gasteiger partial charge in [0.05, 0.1) is 25.7 Å². The molecule has 1 unspecified atom stereocenters. The van der Waals surface area contributed by atoms with Crippen molar-refractivity contribution in [3.63, 3.8) is 0 Å². The molecule has 2 amide bonds. The zero-order valence-corrected chi connectivity index (χ0v) is 14.1. The van der Waals surface area contributed by atoms with E-state index >= 15 is 0 Å². The van der Waals surface area contributed by atoms with Crippen LogP contribution < -0.4 is 4.90 Å². The van der Waals surface area contributed by atoms with Crippen molar-refractivity contribution in [1.29, 1.82) is 0 Å². The molecule has 1 fully saturated rings. The first-order valence-corrected chi connectivity index (χ1v) is 8.68. The third-order valence-corrected chi connectivity index (χ3v) is 4.45. The van der Waals surface area contributed by atoms with Gasteiger partial charge in [-0.3, -0.25) is 9.63 Å². The number of anilines is 1. The van der Waals surface area contributed by atoms with E-state index < -0.39 is 6.09 Å². The highest BCUT2D eigenvalue weighted by atomic mass is 16.7. The van der Waals surface area contributed by atoms with Crippen molar-refractivity contribution in [1.82, 2.24) is 5.06 Å². The van der Waals surface area contributed by atoms with Gasteiger partial charge in [-0.05, 0) is 30.9 Å². The number of hydrogen-bond acceptors (Lipinski definition) is 4. The fraction of sp³-hybridized carbons (Fsp3) is 0.556. The van der Waals surface area contributed by atoms with Gasteiger partial charge in [0, 0.05) is 12.2 Å². The van der Waals surface area contributed by atoms with E-state index in [1.165, 1.54) is 10.6 Å². The molecule has 6 nitrogen and oxygen atoms in total. The Morgan fingerprint density at radius 1 is 1.29 bits per heavy atom. The van der Waals surface area contributed by atoms with Crippen molar-refractivity contribution in [2.24, 2.45) is 0 Å². The van der Waals surface area contributed by atoms with Crippen molar-refractivity contribution in [2.75, 3.05) is 24.6 Å². The molecule has 3 rings (SSSR count). The van der Waals surface area contributed by atoms with Crippen LogP contribution in [0.1, 0.15) is 38.2 Å². The summed E-state index contributed by atoms with van der Waals surface area (Å²) in [6.45, 7) is 3.63. The van der Waals surface area contributed by atoms with Gasteiger partial charge in [-0.25, -0.2) is 4.79 Å². The van der Waals surface area contributed by atoms with Gasteiger partial charge < -0.3 is 9.64 Å². The van der Waals surface area contributed by atoms with E-state index in [0.717, 1.165) is 24.9 Å². The van der Waals surface area contributed by atoms with Crippen LogP contribution in [-0.2, 0) is 20.8 Å². The lowest BCUT2D eigenvalue weighted by molar-refractivity contribution is -0.138. The lowest BCUT2D eigenvalue weighted by atomic mass is 10.1. The molecule has 2 aliphatic rings. The number of fused-ring (bicyclic) bond motifs is 1. The number of hydroxylamine groups is 2. The number of amides is 2. The Morgan fingerprint density at radius 3 is 2.96 bits per heavy atom. The average Bonchev–Trinajstić information content (AvgIpc) is 3.21. The van der Waals surface area contributed by atoms with Crippen LogP contribution in [0, 0.1) is 0 Å². The summed E-state index contributed by atoms with van der Waals surface area (Å²) in [7, 11) is 0. The predicted molar refractivity (Wildman–Crippen MR) is 89.6 cm³/mol.